The van der Waals surface area contributed by atoms with Gasteiger partial charge in [-0.15, -0.1) is 0 Å². The predicted octanol–water partition coefficient (Wildman–Crippen LogP) is 2.96. The van der Waals surface area contributed by atoms with Crippen molar-refractivity contribution in [3.05, 3.63) is 33.3 Å². The first-order chi connectivity index (χ1) is 7.50. The monoisotopic (exact) mass is 323 g/mol. The lowest BCUT2D eigenvalue weighted by Crippen LogP contribution is -2.27. The molecule has 0 heterocycles. The van der Waals surface area contributed by atoms with Crippen LogP contribution < -0.4 is 5.32 Å². The Kier molecular flexibility index (Phi) is 5.97. The molecule has 2 nitrogen and oxygen atoms in total. The SMILES string of the molecule is CC(CNCc1ccc(Cl)c(Br)c1)S(C)=O. The number of hydrogen-bond acceptors (Lipinski definition) is 2. The summed E-state index contributed by atoms with van der Waals surface area (Å²) in [7, 11) is -0.769. The third-order valence-electron chi connectivity index (χ3n) is 2.31. The largest absolute Gasteiger partial charge is 0.311 e. The molecule has 0 radical (unpaired) electrons. The van der Waals surface area contributed by atoms with E-state index < -0.39 is 10.8 Å². The molecule has 1 aromatic carbocycles. The lowest BCUT2D eigenvalue weighted by Gasteiger charge is -2.10. The summed E-state index contributed by atoms with van der Waals surface area (Å²) in [6.07, 6.45) is 1.73. The molecular weight excluding hydrogens is 310 g/mol. The van der Waals surface area contributed by atoms with Gasteiger partial charge in [0, 0.05) is 39.9 Å². The van der Waals surface area contributed by atoms with Gasteiger partial charge in [0.15, 0.2) is 0 Å². The van der Waals surface area contributed by atoms with Gasteiger partial charge in [0.25, 0.3) is 0 Å². The predicted molar refractivity (Wildman–Crippen MR) is 74.4 cm³/mol. The normalized spacial score (nSPS) is 14.8. The van der Waals surface area contributed by atoms with Crippen molar-refractivity contribution in [1.82, 2.24) is 5.32 Å². The van der Waals surface area contributed by atoms with Gasteiger partial charge >= 0.3 is 0 Å². The summed E-state index contributed by atoms with van der Waals surface area (Å²) in [5.74, 6) is 0. The van der Waals surface area contributed by atoms with E-state index in [9.17, 15) is 4.21 Å². The maximum absolute atomic E-state index is 11.1. The number of rotatable bonds is 5. The first kappa shape index (κ1) is 14.2. The van der Waals surface area contributed by atoms with Crippen molar-refractivity contribution in [2.24, 2.45) is 0 Å². The van der Waals surface area contributed by atoms with Gasteiger partial charge in [-0.3, -0.25) is 4.21 Å². The van der Waals surface area contributed by atoms with Crippen LogP contribution in [0.5, 0.6) is 0 Å². The summed E-state index contributed by atoms with van der Waals surface area (Å²) in [6.45, 7) is 3.49. The van der Waals surface area contributed by atoms with E-state index in [2.05, 4.69) is 21.2 Å². The molecule has 16 heavy (non-hydrogen) atoms. The maximum Gasteiger partial charge on any atom is 0.0548 e. The molecule has 0 aliphatic carbocycles. The standard InChI is InChI=1S/C11H15BrClNOS/c1-8(16(2)15)6-14-7-9-3-4-11(13)10(12)5-9/h3-5,8,14H,6-7H2,1-2H3. The second kappa shape index (κ2) is 6.74. The highest BCUT2D eigenvalue weighted by Crippen LogP contribution is 2.23. The minimum absolute atomic E-state index is 0.177. The topological polar surface area (TPSA) is 29.1 Å². The molecule has 1 rings (SSSR count). The number of hydrogen-bond donors (Lipinski definition) is 1. The van der Waals surface area contributed by atoms with Gasteiger partial charge in [0.1, 0.15) is 0 Å². The Balaban J connectivity index is 2.43. The lowest BCUT2D eigenvalue weighted by atomic mass is 10.2. The molecule has 0 aliphatic heterocycles. The molecule has 1 aromatic rings. The van der Waals surface area contributed by atoms with Crippen LogP contribution in [0.4, 0.5) is 0 Å². The van der Waals surface area contributed by atoms with E-state index in [1.54, 1.807) is 6.26 Å². The molecule has 1 N–H and O–H groups in total. The Morgan fingerprint density at radius 2 is 2.25 bits per heavy atom. The zero-order chi connectivity index (χ0) is 12.1. The van der Waals surface area contributed by atoms with Crippen LogP contribution in [0.25, 0.3) is 0 Å². The molecule has 0 spiro atoms. The Bertz CT molecular complexity index is 386. The van der Waals surface area contributed by atoms with E-state index in [1.165, 1.54) is 0 Å². The summed E-state index contributed by atoms with van der Waals surface area (Å²) >= 11 is 9.28. The van der Waals surface area contributed by atoms with Crippen LogP contribution in [-0.4, -0.2) is 22.3 Å². The molecule has 0 amide bonds. The third-order valence-corrected chi connectivity index (χ3v) is 4.83. The van der Waals surface area contributed by atoms with Crippen molar-refractivity contribution in [3.63, 3.8) is 0 Å². The van der Waals surface area contributed by atoms with Crippen LogP contribution in [0.15, 0.2) is 22.7 Å². The van der Waals surface area contributed by atoms with Crippen LogP contribution >= 0.6 is 27.5 Å². The van der Waals surface area contributed by atoms with Crippen molar-refractivity contribution in [2.75, 3.05) is 12.8 Å². The second-order valence-electron chi connectivity index (χ2n) is 3.69. The number of nitrogens with one attached hydrogen (secondary N) is 1. The molecule has 2 unspecified atom stereocenters. The van der Waals surface area contributed by atoms with Crippen LogP contribution in [-0.2, 0) is 17.3 Å². The van der Waals surface area contributed by atoms with Crippen LogP contribution in [0.2, 0.25) is 5.02 Å². The molecule has 0 aromatic heterocycles. The molecule has 0 saturated carbocycles. The fraction of sp³-hybridized carbons (Fsp3) is 0.455. The van der Waals surface area contributed by atoms with Crippen molar-refractivity contribution >= 4 is 38.3 Å². The van der Waals surface area contributed by atoms with Gasteiger partial charge < -0.3 is 5.32 Å². The molecular formula is C11H15BrClNOS. The highest BCUT2D eigenvalue weighted by atomic mass is 79.9. The van der Waals surface area contributed by atoms with Crippen molar-refractivity contribution in [2.45, 2.75) is 18.7 Å². The number of benzene rings is 1. The average molecular weight is 325 g/mol. The molecule has 0 aliphatic rings. The van der Waals surface area contributed by atoms with Crippen molar-refractivity contribution in [1.29, 1.82) is 0 Å². The molecule has 0 fully saturated rings. The van der Waals surface area contributed by atoms with Crippen LogP contribution in [0, 0.1) is 0 Å². The Morgan fingerprint density at radius 1 is 1.56 bits per heavy atom. The van der Waals surface area contributed by atoms with E-state index >= 15 is 0 Å². The van der Waals surface area contributed by atoms with Gasteiger partial charge in [-0.1, -0.05) is 17.7 Å². The van der Waals surface area contributed by atoms with Crippen LogP contribution in [0.3, 0.4) is 0 Å². The molecule has 5 heteroatoms. The first-order valence-corrected chi connectivity index (χ1v) is 7.77. The fourth-order valence-corrected chi connectivity index (χ4v) is 2.08. The van der Waals surface area contributed by atoms with E-state index in [-0.39, 0.29) is 5.25 Å². The summed E-state index contributed by atoms with van der Waals surface area (Å²) in [6, 6.07) is 5.83. The van der Waals surface area contributed by atoms with Gasteiger partial charge in [0.05, 0.1) is 5.02 Å². The van der Waals surface area contributed by atoms with E-state index in [4.69, 9.17) is 11.6 Å². The Labute approximate surface area is 112 Å². The fourth-order valence-electron chi connectivity index (χ4n) is 1.19. The third kappa shape index (κ3) is 4.53. The Hall–Kier alpha value is 0.1000. The van der Waals surface area contributed by atoms with Crippen LogP contribution in [0.1, 0.15) is 12.5 Å². The van der Waals surface area contributed by atoms with Crippen molar-refractivity contribution < 1.29 is 4.21 Å². The Morgan fingerprint density at radius 3 is 2.81 bits per heavy atom. The van der Waals surface area contributed by atoms with Gasteiger partial charge in [-0.25, -0.2) is 0 Å². The maximum atomic E-state index is 11.1. The lowest BCUT2D eigenvalue weighted by molar-refractivity contribution is 0.647. The highest BCUT2D eigenvalue weighted by Gasteiger charge is 2.05. The van der Waals surface area contributed by atoms with E-state index in [1.807, 2.05) is 25.1 Å². The second-order valence-corrected chi connectivity index (χ2v) is 6.75. The molecule has 90 valence electrons. The highest BCUT2D eigenvalue weighted by molar-refractivity contribution is 9.10. The minimum Gasteiger partial charge on any atom is -0.311 e. The summed E-state index contributed by atoms with van der Waals surface area (Å²) in [5.41, 5.74) is 1.16. The smallest absolute Gasteiger partial charge is 0.0548 e. The summed E-state index contributed by atoms with van der Waals surface area (Å²) < 4.78 is 12.0. The molecule has 0 saturated heterocycles. The van der Waals surface area contributed by atoms with E-state index in [0.717, 1.165) is 23.1 Å². The zero-order valence-corrected chi connectivity index (χ0v) is 12.5. The minimum atomic E-state index is -0.769. The average Bonchev–Trinajstić information content (AvgIpc) is 2.23. The first-order valence-electron chi connectivity index (χ1n) is 4.97. The zero-order valence-electron chi connectivity index (χ0n) is 9.30. The number of halogens is 2. The summed E-state index contributed by atoms with van der Waals surface area (Å²) in [5, 5.41) is 4.16. The van der Waals surface area contributed by atoms with Gasteiger partial charge in [-0.05, 0) is 40.5 Å². The van der Waals surface area contributed by atoms with Gasteiger partial charge in [-0.2, -0.15) is 0 Å². The van der Waals surface area contributed by atoms with E-state index in [0.29, 0.717) is 5.02 Å². The van der Waals surface area contributed by atoms with Gasteiger partial charge in [0.2, 0.25) is 0 Å². The molecule has 0 bridgehead atoms. The molecule has 2 atom stereocenters. The quantitative estimate of drug-likeness (QED) is 0.902. The summed E-state index contributed by atoms with van der Waals surface area (Å²) in [4.78, 5) is 0. The van der Waals surface area contributed by atoms with Crippen molar-refractivity contribution in [3.8, 4) is 0 Å².